The van der Waals surface area contributed by atoms with Crippen LogP contribution in [0.4, 0.5) is 0 Å². The van der Waals surface area contributed by atoms with E-state index in [2.05, 4.69) is 36.2 Å². The molecule has 3 atom stereocenters. The monoisotopic (exact) mass is 343 g/mol. The summed E-state index contributed by atoms with van der Waals surface area (Å²) in [5.41, 5.74) is 1.41. The third-order valence-electron chi connectivity index (χ3n) is 6.02. The molecule has 4 nitrogen and oxygen atoms in total. The van der Waals surface area contributed by atoms with Crippen LogP contribution in [0.25, 0.3) is 0 Å². The zero-order valence-electron chi connectivity index (χ0n) is 15.5. The number of esters is 1. The number of ether oxygens (including phenoxy) is 2. The Balaban J connectivity index is 1.98. The minimum absolute atomic E-state index is 0.0764. The second-order valence-corrected chi connectivity index (χ2v) is 7.22. The molecule has 1 saturated carbocycles. The minimum atomic E-state index is -0.241. The SMILES string of the molecule is CCOC(=O)C=CC1C2CCCC1(c1cccc(OC)c1)CCN2C. The van der Waals surface area contributed by atoms with Gasteiger partial charge in [-0.25, -0.2) is 4.79 Å². The van der Waals surface area contributed by atoms with Gasteiger partial charge < -0.3 is 14.4 Å². The molecule has 4 heteroatoms. The van der Waals surface area contributed by atoms with Crippen molar-refractivity contribution in [2.75, 3.05) is 27.3 Å². The first-order valence-electron chi connectivity index (χ1n) is 9.30. The Morgan fingerprint density at radius 2 is 2.24 bits per heavy atom. The zero-order chi connectivity index (χ0) is 17.9. The van der Waals surface area contributed by atoms with Gasteiger partial charge in [-0.1, -0.05) is 24.6 Å². The van der Waals surface area contributed by atoms with Gasteiger partial charge in [0.2, 0.25) is 0 Å². The zero-order valence-corrected chi connectivity index (χ0v) is 15.5. The number of piperidine rings is 1. The summed E-state index contributed by atoms with van der Waals surface area (Å²) in [6, 6.07) is 8.95. The maximum atomic E-state index is 11.9. The molecule has 0 aromatic heterocycles. The largest absolute Gasteiger partial charge is 0.497 e. The van der Waals surface area contributed by atoms with E-state index in [1.54, 1.807) is 13.2 Å². The van der Waals surface area contributed by atoms with Crippen LogP contribution in [0.2, 0.25) is 0 Å². The Labute approximate surface area is 150 Å². The standard InChI is InChI=1S/C21H29NO3/c1-4-25-20(23)11-10-18-19-9-6-12-21(18,13-14-22(19)2)16-7-5-8-17(15-16)24-3/h5,7-8,10-11,15,18-19H,4,6,9,12-14H2,1-3H3. The summed E-state index contributed by atoms with van der Waals surface area (Å²) in [5, 5.41) is 0. The summed E-state index contributed by atoms with van der Waals surface area (Å²) in [4.78, 5) is 14.3. The third-order valence-corrected chi connectivity index (χ3v) is 6.02. The molecule has 25 heavy (non-hydrogen) atoms. The van der Waals surface area contributed by atoms with E-state index >= 15 is 0 Å². The molecular formula is C21H29NO3. The molecule has 1 aromatic rings. The maximum absolute atomic E-state index is 11.9. The lowest BCUT2D eigenvalue weighted by Crippen LogP contribution is -2.56. The van der Waals surface area contributed by atoms with E-state index < -0.39 is 0 Å². The van der Waals surface area contributed by atoms with Crippen LogP contribution in [0.3, 0.4) is 0 Å². The number of benzene rings is 1. The van der Waals surface area contributed by atoms with E-state index in [0.717, 1.165) is 25.1 Å². The number of fused-ring (bicyclic) bond motifs is 2. The highest BCUT2D eigenvalue weighted by Crippen LogP contribution is 2.51. The van der Waals surface area contributed by atoms with Gasteiger partial charge in [0.25, 0.3) is 0 Å². The van der Waals surface area contributed by atoms with Crippen molar-refractivity contribution in [1.29, 1.82) is 0 Å². The predicted molar refractivity (Wildman–Crippen MR) is 98.8 cm³/mol. The number of likely N-dealkylation sites (tertiary alicyclic amines) is 1. The molecular weight excluding hydrogens is 314 g/mol. The van der Waals surface area contributed by atoms with Crippen molar-refractivity contribution in [1.82, 2.24) is 4.90 Å². The third kappa shape index (κ3) is 3.45. The van der Waals surface area contributed by atoms with Crippen LogP contribution < -0.4 is 4.74 Å². The molecule has 0 spiro atoms. The number of hydrogen-bond donors (Lipinski definition) is 0. The van der Waals surface area contributed by atoms with E-state index in [0.29, 0.717) is 18.6 Å². The molecule has 1 heterocycles. The molecule has 136 valence electrons. The Morgan fingerprint density at radius 1 is 1.40 bits per heavy atom. The van der Waals surface area contributed by atoms with Crippen molar-refractivity contribution in [3.63, 3.8) is 0 Å². The Kier molecular flexibility index (Phi) is 5.48. The summed E-state index contributed by atoms with van der Waals surface area (Å²) in [6.07, 6.45) is 8.40. The number of methoxy groups -OCH3 is 1. The van der Waals surface area contributed by atoms with Crippen LogP contribution in [-0.4, -0.2) is 44.2 Å². The Morgan fingerprint density at radius 3 is 3.00 bits per heavy atom. The van der Waals surface area contributed by atoms with Gasteiger partial charge in [0, 0.05) is 23.5 Å². The molecule has 1 saturated heterocycles. The van der Waals surface area contributed by atoms with Crippen LogP contribution in [0.5, 0.6) is 5.75 Å². The van der Waals surface area contributed by atoms with Crippen LogP contribution in [0.15, 0.2) is 36.4 Å². The van der Waals surface area contributed by atoms with Crippen molar-refractivity contribution in [3.05, 3.63) is 42.0 Å². The number of nitrogens with zero attached hydrogens (tertiary/aromatic N) is 1. The molecule has 1 aromatic carbocycles. The minimum Gasteiger partial charge on any atom is -0.497 e. The Hall–Kier alpha value is -1.81. The molecule has 0 amide bonds. The number of hydrogen-bond acceptors (Lipinski definition) is 4. The lowest BCUT2D eigenvalue weighted by Gasteiger charge is -2.55. The van der Waals surface area contributed by atoms with Gasteiger partial charge in [0.15, 0.2) is 0 Å². The second kappa shape index (κ2) is 7.61. The fourth-order valence-electron chi connectivity index (χ4n) is 4.77. The van der Waals surface area contributed by atoms with Crippen LogP contribution in [0, 0.1) is 5.92 Å². The highest BCUT2D eigenvalue weighted by molar-refractivity contribution is 5.82. The lowest BCUT2D eigenvalue weighted by molar-refractivity contribution is -0.137. The van der Waals surface area contributed by atoms with E-state index in [1.807, 2.05) is 13.0 Å². The molecule has 0 radical (unpaired) electrons. The molecule has 2 bridgehead atoms. The van der Waals surface area contributed by atoms with Crippen molar-refractivity contribution >= 4 is 5.97 Å². The highest BCUT2D eigenvalue weighted by atomic mass is 16.5. The van der Waals surface area contributed by atoms with Gasteiger partial charge in [0.1, 0.15) is 5.75 Å². The quantitative estimate of drug-likeness (QED) is 0.605. The van der Waals surface area contributed by atoms with Gasteiger partial charge in [-0.3, -0.25) is 0 Å². The molecule has 2 aliphatic rings. The second-order valence-electron chi connectivity index (χ2n) is 7.22. The molecule has 0 N–H and O–H groups in total. The van der Waals surface area contributed by atoms with E-state index in [1.165, 1.54) is 18.4 Å². The summed E-state index contributed by atoms with van der Waals surface area (Å²) in [5.74, 6) is 0.979. The molecule has 1 aliphatic heterocycles. The number of carbonyl (C=O) groups excluding carboxylic acids is 1. The van der Waals surface area contributed by atoms with Crippen molar-refractivity contribution in [3.8, 4) is 5.75 Å². The summed E-state index contributed by atoms with van der Waals surface area (Å²) in [7, 11) is 3.92. The van der Waals surface area contributed by atoms with Gasteiger partial charge in [-0.2, -0.15) is 0 Å². The van der Waals surface area contributed by atoms with Gasteiger partial charge in [-0.05, 0) is 57.5 Å². The molecule has 3 unspecified atom stereocenters. The van der Waals surface area contributed by atoms with E-state index in [4.69, 9.17) is 9.47 Å². The maximum Gasteiger partial charge on any atom is 0.330 e. The van der Waals surface area contributed by atoms with E-state index in [-0.39, 0.29) is 11.4 Å². The first kappa shape index (κ1) is 18.0. The van der Waals surface area contributed by atoms with E-state index in [9.17, 15) is 4.79 Å². The van der Waals surface area contributed by atoms with Gasteiger partial charge in [-0.15, -0.1) is 0 Å². The van der Waals surface area contributed by atoms with Crippen molar-refractivity contribution in [2.24, 2.45) is 5.92 Å². The van der Waals surface area contributed by atoms with Crippen LogP contribution in [-0.2, 0) is 14.9 Å². The van der Waals surface area contributed by atoms with Crippen molar-refractivity contribution < 1.29 is 14.3 Å². The van der Waals surface area contributed by atoms with Crippen molar-refractivity contribution in [2.45, 2.75) is 44.1 Å². The summed E-state index contributed by atoms with van der Waals surface area (Å²) >= 11 is 0. The normalized spacial score (nSPS) is 29.6. The number of carbonyl (C=O) groups is 1. The fraction of sp³-hybridized carbons (Fsp3) is 0.571. The highest BCUT2D eigenvalue weighted by Gasteiger charge is 2.49. The lowest BCUT2D eigenvalue weighted by atomic mass is 9.57. The summed E-state index contributed by atoms with van der Waals surface area (Å²) in [6.45, 7) is 3.34. The van der Waals surface area contributed by atoms with Crippen LogP contribution in [0.1, 0.15) is 38.2 Å². The fourth-order valence-corrected chi connectivity index (χ4v) is 4.77. The summed E-state index contributed by atoms with van der Waals surface area (Å²) < 4.78 is 10.6. The topological polar surface area (TPSA) is 38.8 Å². The smallest absolute Gasteiger partial charge is 0.330 e. The molecule has 2 fully saturated rings. The predicted octanol–water partition coefficient (Wildman–Crippen LogP) is 3.56. The first-order valence-corrected chi connectivity index (χ1v) is 9.30. The first-order chi connectivity index (χ1) is 12.1. The average molecular weight is 343 g/mol. The molecule has 1 aliphatic carbocycles. The van der Waals surface area contributed by atoms with Gasteiger partial charge in [0.05, 0.1) is 13.7 Å². The van der Waals surface area contributed by atoms with Gasteiger partial charge >= 0.3 is 5.97 Å². The molecule has 3 rings (SSSR count). The average Bonchev–Trinajstić information content (AvgIpc) is 2.63. The number of rotatable bonds is 5. The Bertz CT molecular complexity index is 642. The van der Waals surface area contributed by atoms with Crippen LogP contribution >= 0.6 is 0 Å².